The molecule has 56 valence electrons. The Balaban J connectivity index is 4.06. The zero-order valence-corrected chi connectivity index (χ0v) is 6.47. The molecule has 0 aromatic carbocycles. The fraction of sp³-hybridized carbons (Fsp3) is 1.00. The quantitative estimate of drug-likeness (QED) is 0.595. The SMILES string of the molecule is CC(C)S(=O)C(C)(F)F. The molecule has 0 aromatic rings. The molecule has 0 heterocycles. The predicted molar refractivity (Wildman–Crippen MR) is 33.9 cm³/mol. The molecule has 0 aliphatic heterocycles. The largest absolute Gasteiger partial charge is 0.318 e. The highest BCUT2D eigenvalue weighted by molar-refractivity contribution is 7.86. The Kier molecular flexibility index (Phi) is 2.73. The van der Waals surface area contributed by atoms with Gasteiger partial charge in [0.05, 0.1) is 10.8 Å². The third kappa shape index (κ3) is 2.89. The summed E-state index contributed by atoms with van der Waals surface area (Å²) in [6, 6.07) is 0. The Morgan fingerprint density at radius 3 is 1.78 bits per heavy atom. The van der Waals surface area contributed by atoms with Crippen LogP contribution in [0.15, 0.2) is 0 Å². The molecule has 0 aromatic heterocycles. The van der Waals surface area contributed by atoms with Crippen LogP contribution in [-0.4, -0.2) is 14.7 Å². The third-order valence-electron chi connectivity index (χ3n) is 0.781. The highest BCUT2D eigenvalue weighted by Gasteiger charge is 2.31. The Hall–Kier alpha value is 0.01000. The summed E-state index contributed by atoms with van der Waals surface area (Å²) in [5, 5.41) is -3.52. The van der Waals surface area contributed by atoms with Gasteiger partial charge in [0.15, 0.2) is 0 Å². The lowest BCUT2D eigenvalue weighted by atomic mass is 10.6. The van der Waals surface area contributed by atoms with E-state index in [0.29, 0.717) is 6.92 Å². The van der Waals surface area contributed by atoms with Gasteiger partial charge < -0.3 is 0 Å². The van der Waals surface area contributed by atoms with E-state index in [-0.39, 0.29) is 0 Å². The van der Waals surface area contributed by atoms with E-state index in [1.54, 1.807) is 0 Å². The number of hydrogen-bond donors (Lipinski definition) is 0. The molecule has 1 atom stereocenters. The summed E-state index contributed by atoms with van der Waals surface area (Å²) < 4.78 is 34.7. The molecule has 0 aliphatic rings. The summed E-state index contributed by atoms with van der Waals surface area (Å²) in [5.74, 6) is 0. The molecule has 0 amide bonds. The minimum Gasteiger partial charge on any atom is -0.253 e. The number of halogens is 2. The van der Waals surface area contributed by atoms with E-state index in [4.69, 9.17) is 0 Å². The molecule has 0 spiro atoms. The van der Waals surface area contributed by atoms with E-state index in [0.717, 1.165) is 0 Å². The highest BCUT2D eigenvalue weighted by atomic mass is 32.2. The Morgan fingerprint density at radius 2 is 1.78 bits per heavy atom. The van der Waals surface area contributed by atoms with Gasteiger partial charge in [-0.25, -0.2) is 0 Å². The summed E-state index contributed by atoms with van der Waals surface area (Å²) >= 11 is 0. The van der Waals surface area contributed by atoms with Crippen molar-refractivity contribution >= 4 is 10.8 Å². The monoisotopic (exact) mass is 156 g/mol. The number of alkyl halides is 2. The van der Waals surface area contributed by atoms with Crippen LogP contribution in [0.2, 0.25) is 0 Å². The van der Waals surface area contributed by atoms with E-state index >= 15 is 0 Å². The summed E-state index contributed by atoms with van der Waals surface area (Å²) in [6.07, 6.45) is 0. The van der Waals surface area contributed by atoms with Crippen LogP contribution in [0.3, 0.4) is 0 Å². The molecular formula is C5H10F2OS. The molecule has 0 radical (unpaired) electrons. The lowest BCUT2D eigenvalue weighted by Gasteiger charge is -2.11. The normalized spacial score (nSPS) is 16.2. The molecule has 0 aliphatic carbocycles. The summed E-state index contributed by atoms with van der Waals surface area (Å²) in [7, 11) is -2.02. The first kappa shape index (κ1) is 9.01. The van der Waals surface area contributed by atoms with Gasteiger partial charge in [0, 0.05) is 12.2 Å². The molecule has 1 nitrogen and oxygen atoms in total. The van der Waals surface area contributed by atoms with E-state index in [9.17, 15) is 13.0 Å². The second-order valence-electron chi connectivity index (χ2n) is 2.15. The van der Waals surface area contributed by atoms with E-state index in [2.05, 4.69) is 0 Å². The fourth-order valence-corrected chi connectivity index (χ4v) is 1.24. The van der Waals surface area contributed by atoms with Crippen LogP contribution in [0.5, 0.6) is 0 Å². The molecule has 0 saturated carbocycles. The lowest BCUT2D eigenvalue weighted by molar-refractivity contribution is 0.121. The smallest absolute Gasteiger partial charge is 0.253 e. The average Bonchev–Trinajstić information content (AvgIpc) is 1.62. The van der Waals surface area contributed by atoms with Gasteiger partial charge in [-0.3, -0.25) is 4.21 Å². The molecule has 4 heteroatoms. The maximum absolute atomic E-state index is 12.1. The van der Waals surface area contributed by atoms with Crippen LogP contribution >= 0.6 is 0 Å². The molecule has 0 rings (SSSR count). The van der Waals surface area contributed by atoms with Gasteiger partial charge >= 0.3 is 5.25 Å². The molecule has 0 fully saturated rings. The van der Waals surface area contributed by atoms with Gasteiger partial charge in [0.25, 0.3) is 0 Å². The standard InChI is InChI=1S/C5H10F2OS/c1-4(2)9(8)5(3,6)7/h4H,1-3H3. The first-order chi connectivity index (χ1) is 3.85. The van der Waals surface area contributed by atoms with Gasteiger partial charge in [-0.05, 0) is 0 Å². The van der Waals surface area contributed by atoms with Crippen LogP contribution in [0, 0.1) is 0 Å². The maximum atomic E-state index is 12.1. The van der Waals surface area contributed by atoms with Crippen LogP contribution in [0.25, 0.3) is 0 Å². The van der Waals surface area contributed by atoms with Crippen molar-refractivity contribution in [2.24, 2.45) is 0 Å². The molecule has 0 bridgehead atoms. The number of rotatable bonds is 2. The molecule has 1 unspecified atom stereocenters. The van der Waals surface area contributed by atoms with E-state index in [1.807, 2.05) is 0 Å². The first-order valence-corrected chi connectivity index (χ1v) is 3.85. The Bertz CT molecular complexity index is 117. The van der Waals surface area contributed by atoms with Crippen LogP contribution in [0.4, 0.5) is 8.78 Å². The van der Waals surface area contributed by atoms with Crippen molar-refractivity contribution in [1.82, 2.24) is 0 Å². The fourth-order valence-electron chi connectivity index (χ4n) is 0.414. The Morgan fingerprint density at radius 1 is 1.44 bits per heavy atom. The van der Waals surface area contributed by atoms with Crippen molar-refractivity contribution < 1.29 is 13.0 Å². The molecule has 0 saturated heterocycles. The third-order valence-corrected chi connectivity index (χ3v) is 2.34. The highest BCUT2D eigenvalue weighted by Crippen LogP contribution is 2.19. The molecule has 0 N–H and O–H groups in total. The second kappa shape index (κ2) is 2.73. The van der Waals surface area contributed by atoms with Gasteiger partial charge in [-0.2, -0.15) is 8.78 Å². The lowest BCUT2D eigenvalue weighted by Crippen LogP contribution is -2.24. The van der Waals surface area contributed by atoms with Crippen LogP contribution in [-0.2, 0) is 10.8 Å². The number of hydrogen-bond acceptors (Lipinski definition) is 1. The maximum Gasteiger partial charge on any atom is 0.318 e. The van der Waals surface area contributed by atoms with Crippen molar-refractivity contribution in [3.63, 3.8) is 0 Å². The van der Waals surface area contributed by atoms with Crippen molar-refractivity contribution in [3.05, 3.63) is 0 Å². The minimum absolute atomic E-state index is 0.468. The minimum atomic E-state index is -3.05. The topological polar surface area (TPSA) is 17.1 Å². The molecule has 9 heavy (non-hydrogen) atoms. The Labute approximate surface area is 55.9 Å². The average molecular weight is 156 g/mol. The zero-order chi connectivity index (χ0) is 7.65. The van der Waals surface area contributed by atoms with Gasteiger partial charge in [0.2, 0.25) is 0 Å². The van der Waals surface area contributed by atoms with Crippen LogP contribution in [0.1, 0.15) is 20.8 Å². The van der Waals surface area contributed by atoms with Gasteiger partial charge in [-0.1, -0.05) is 13.8 Å². The summed E-state index contributed by atoms with van der Waals surface area (Å²) in [4.78, 5) is 0. The molecular weight excluding hydrogens is 146 g/mol. The van der Waals surface area contributed by atoms with Crippen molar-refractivity contribution in [1.29, 1.82) is 0 Å². The summed E-state index contributed by atoms with van der Waals surface area (Å²) in [5.41, 5.74) is 0. The van der Waals surface area contributed by atoms with Gasteiger partial charge in [0.1, 0.15) is 0 Å². The van der Waals surface area contributed by atoms with E-state index in [1.165, 1.54) is 13.8 Å². The summed E-state index contributed by atoms with van der Waals surface area (Å²) in [6.45, 7) is 3.68. The van der Waals surface area contributed by atoms with E-state index < -0.39 is 21.3 Å². The first-order valence-electron chi connectivity index (χ1n) is 2.64. The van der Waals surface area contributed by atoms with Gasteiger partial charge in [-0.15, -0.1) is 0 Å². The zero-order valence-electron chi connectivity index (χ0n) is 5.65. The second-order valence-corrected chi connectivity index (χ2v) is 4.41. The van der Waals surface area contributed by atoms with Crippen molar-refractivity contribution in [2.75, 3.05) is 0 Å². The van der Waals surface area contributed by atoms with Crippen LogP contribution < -0.4 is 0 Å². The van der Waals surface area contributed by atoms with Crippen molar-refractivity contribution in [3.8, 4) is 0 Å². The predicted octanol–water partition coefficient (Wildman–Crippen LogP) is 1.76. The van der Waals surface area contributed by atoms with Crippen molar-refractivity contribution in [2.45, 2.75) is 31.3 Å².